The summed E-state index contributed by atoms with van der Waals surface area (Å²) in [6, 6.07) is 10.8. The van der Waals surface area contributed by atoms with Gasteiger partial charge in [-0.15, -0.1) is 0 Å². The molecule has 1 aromatic heterocycles. The van der Waals surface area contributed by atoms with Crippen molar-refractivity contribution in [2.45, 2.75) is 24.7 Å². The summed E-state index contributed by atoms with van der Waals surface area (Å²) < 4.78 is 32.0. The lowest BCUT2D eigenvalue weighted by Gasteiger charge is -2.15. The minimum absolute atomic E-state index is 0.214. The summed E-state index contributed by atoms with van der Waals surface area (Å²) in [5, 5.41) is 0. The number of sulfonamides is 1. The van der Waals surface area contributed by atoms with E-state index < -0.39 is 10.0 Å². The van der Waals surface area contributed by atoms with Crippen molar-refractivity contribution in [2.75, 3.05) is 13.1 Å². The van der Waals surface area contributed by atoms with E-state index in [4.69, 9.17) is 4.74 Å². The quantitative estimate of drug-likeness (QED) is 0.869. The predicted molar refractivity (Wildman–Crippen MR) is 83.5 cm³/mol. The molecule has 0 spiro atoms. The summed E-state index contributed by atoms with van der Waals surface area (Å²) in [5.74, 6) is 1.10. The number of pyridine rings is 1. The standard InChI is InChI=1S/C16H18N2O3S/c1-13-6-2-3-7-15(13)21-16-9-8-14(12-17-16)22(19,20)18-10-4-5-11-18/h2-3,6-9,12H,4-5,10-11H2,1H3. The molecular formula is C16H18N2O3S. The monoisotopic (exact) mass is 318 g/mol. The van der Waals surface area contributed by atoms with Gasteiger partial charge in [0.2, 0.25) is 15.9 Å². The Morgan fingerprint density at radius 1 is 1.09 bits per heavy atom. The molecule has 3 rings (SSSR count). The van der Waals surface area contributed by atoms with Crippen molar-refractivity contribution in [3.05, 3.63) is 48.2 Å². The molecule has 0 radical (unpaired) electrons. The van der Waals surface area contributed by atoms with E-state index in [0.717, 1.165) is 18.4 Å². The van der Waals surface area contributed by atoms with Crippen LogP contribution in [0.4, 0.5) is 0 Å². The molecule has 0 aliphatic carbocycles. The SMILES string of the molecule is Cc1ccccc1Oc1ccc(S(=O)(=O)N2CCCC2)cn1. The summed E-state index contributed by atoms with van der Waals surface area (Å²) in [6.45, 7) is 3.12. The normalized spacial score (nSPS) is 15.9. The van der Waals surface area contributed by atoms with Crippen molar-refractivity contribution < 1.29 is 13.2 Å². The highest BCUT2D eigenvalue weighted by Gasteiger charge is 2.27. The van der Waals surface area contributed by atoms with Crippen LogP contribution in [0.5, 0.6) is 11.6 Å². The van der Waals surface area contributed by atoms with Crippen molar-refractivity contribution >= 4 is 10.0 Å². The Labute approximate surface area is 130 Å². The Hall–Kier alpha value is -1.92. The molecule has 1 saturated heterocycles. The van der Waals surface area contributed by atoms with Crippen LogP contribution in [0, 0.1) is 6.92 Å². The lowest BCUT2D eigenvalue weighted by molar-refractivity contribution is 0.456. The molecule has 6 heteroatoms. The average Bonchev–Trinajstić information content (AvgIpc) is 3.05. The Balaban J connectivity index is 1.80. The van der Waals surface area contributed by atoms with Gasteiger partial charge in [-0.05, 0) is 37.5 Å². The van der Waals surface area contributed by atoms with Gasteiger partial charge in [0.05, 0.1) is 6.20 Å². The number of ether oxygens (including phenoxy) is 1. The first-order valence-electron chi connectivity index (χ1n) is 7.27. The zero-order valence-corrected chi connectivity index (χ0v) is 13.2. The first-order valence-corrected chi connectivity index (χ1v) is 8.71. The van der Waals surface area contributed by atoms with Gasteiger partial charge in [0.25, 0.3) is 0 Å². The second-order valence-electron chi connectivity index (χ2n) is 5.31. The second-order valence-corrected chi connectivity index (χ2v) is 7.25. The molecule has 22 heavy (non-hydrogen) atoms. The van der Waals surface area contributed by atoms with Crippen molar-refractivity contribution in [3.8, 4) is 11.6 Å². The van der Waals surface area contributed by atoms with Crippen LogP contribution in [-0.2, 0) is 10.0 Å². The molecule has 5 nitrogen and oxygen atoms in total. The van der Waals surface area contributed by atoms with Gasteiger partial charge < -0.3 is 4.74 Å². The molecule has 0 N–H and O–H groups in total. The number of hydrogen-bond donors (Lipinski definition) is 0. The molecule has 2 aromatic rings. The Bertz CT molecular complexity index is 751. The fourth-order valence-electron chi connectivity index (χ4n) is 2.44. The van der Waals surface area contributed by atoms with Crippen molar-refractivity contribution in [1.82, 2.24) is 9.29 Å². The number of aryl methyl sites for hydroxylation is 1. The molecule has 1 aromatic carbocycles. The highest BCUT2D eigenvalue weighted by atomic mass is 32.2. The molecule has 0 unspecified atom stereocenters. The Kier molecular flexibility index (Phi) is 4.13. The van der Waals surface area contributed by atoms with E-state index >= 15 is 0 Å². The first-order chi connectivity index (χ1) is 10.6. The summed E-state index contributed by atoms with van der Waals surface area (Å²) in [6.07, 6.45) is 3.20. The van der Waals surface area contributed by atoms with Crippen molar-refractivity contribution in [1.29, 1.82) is 0 Å². The third kappa shape index (κ3) is 2.98. The van der Waals surface area contributed by atoms with E-state index in [1.807, 2.05) is 31.2 Å². The van der Waals surface area contributed by atoms with Gasteiger partial charge in [-0.25, -0.2) is 13.4 Å². The zero-order valence-electron chi connectivity index (χ0n) is 12.4. The molecule has 0 saturated carbocycles. The van der Waals surface area contributed by atoms with Gasteiger partial charge >= 0.3 is 0 Å². The fraction of sp³-hybridized carbons (Fsp3) is 0.312. The Morgan fingerprint density at radius 2 is 1.82 bits per heavy atom. The molecule has 0 bridgehead atoms. The van der Waals surface area contributed by atoms with Crippen LogP contribution in [0.2, 0.25) is 0 Å². The van der Waals surface area contributed by atoms with Crippen LogP contribution in [0.25, 0.3) is 0 Å². The van der Waals surface area contributed by atoms with Gasteiger partial charge in [-0.3, -0.25) is 0 Å². The molecule has 1 fully saturated rings. The van der Waals surface area contributed by atoms with Gasteiger partial charge in [0.1, 0.15) is 10.6 Å². The molecule has 116 valence electrons. The summed E-state index contributed by atoms with van der Waals surface area (Å²) in [7, 11) is -3.42. The number of hydrogen-bond acceptors (Lipinski definition) is 4. The van der Waals surface area contributed by atoms with Crippen LogP contribution < -0.4 is 4.74 Å². The molecule has 1 aliphatic rings. The second kappa shape index (κ2) is 6.06. The number of benzene rings is 1. The number of para-hydroxylation sites is 1. The maximum absolute atomic E-state index is 12.4. The van der Waals surface area contributed by atoms with Crippen LogP contribution in [0.3, 0.4) is 0 Å². The van der Waals surface area contributed by atoms with E-state index in [-0.39, 0.29) is 4.90 Å². The highest BCUT2D eigenvalue weighted by molar-refractivity contribution is 7.89. The first kappa shape index (κ1) is 15.0. The van der Waals surface area contributed by atoms with Gasteiger partial charge in [-0.2, -0.15) is 4.31 Å². The lowest BCUT2D eigenvalue weighted by Crippen LogP contribution is -2.27. The zero-order chi connectivity index (χ0) is 15.6. The third-order valence-electron chi connectivity index (χ3n) is 3.72. The number of nitrogens with zero attached hydrogens (tertiary/aromatic N) is 2. The average molecular weight is 318 g/mol. The van der Waals surface area contributed by atoms with E-state index in [1.165, 1.54) is 10.5 Å². The van der Waals surface area contributed by atoms with Crippen LogP contribution >= 0.6 is 0 Å². The smallest absolute Gasteiger partial charge is 0.244 e. The molecule has 2 heterocycles. The maximum Gasteiger partial charge on any atom is 0.244 e. The molecular weight excluding hydrogens is 300 g/mol. The van der Waals surface area contributed by atoms with Gasteiger partial charge in [0, 0.05) is 19.2 Å². The predicted octanol–water partition coefficient (Wildman–Crippen LogP) is 2.97. The maximum atomic E-state index is 12.4. The van der Waals surface area contributed by atoms with Gasteiger partial charge in [0.15, 0.2) is 0 Å². The highest BCUT2D eigenvalue weighted by Crippen LogP contribution is 2.25. The third-order valence-corrected chi connectivity index (χ3v) is 5.60. The van der Waals surface area contributed by atoms with Crippen LogP contribution in [-0.4, -0.2) is 30.8 Å². The summed E-state index contributed by atoms with van der Waals surface area (Å²) >= 11 is 0. The number of rotatable bonds is 4. The summed E-state index contributed by atoms with van der Waals surface area (Å²) in [4.78, 5) is 4.34. The lowest BCUT2D eigenvalue weighted by atomic mass is 10.2. The molecule has 0 amide bonds. The largest absolute Gasteiger partial charge is 0.439 e. The van der Waals surface area contributed by atoms with E-state index in [2.05, 4.69) is 4.98 Å². The van der Waals surface area contributed by atoms with Gasteiger partial charge in [-0.1, -0.05) is 18.2 Å². The van der Waals surface area contributed by atoms with E-state index in [9.17, 15) is 8.42 Å². The fourth-order valence-corrected chi connectivity index (χ4v) is 3.90. The van der Waals surface area contributed by atoms with Crippen molar-refractivity contribution in [2.24, 2.45) is 0 Å². The topological polar surface area (TPSA) is 59.5 Å². The van der Waals surface area contributed by atoms with Crippen molar-refractivity contribution in [3.63, 3.8) is 0 Å². The minimum Gasteiger partial charge on any atom is -0.439 e. The Morgan fingerprint density at radius 3 is 2.45 bits per heavy atom. The molecule has 0 atom stereocenters. The van der Waals surface area contributed by atoms with Crippen LogP contribution in [0.1, 0.15) is 18.4 Å². The van der Waals surface area contributed by atoms with E-state index in [1.54, 1.807) is 12.1 Å². The molecule has 1 aliphatic heterocycles. The van der Waals surface area contributed by atoms with Crippen LogP contribution in [0.15, 0.2) is 47.5 Å². The van der Waals surface area contributed by atoms with E-state index in [0.29, 0.717) is 24.7 Å². The minimum atomic E-state index is -3.42. The number of aromatic nitrogens is 1. The summed E-state index contributed by atoms with van der Waals surface area (Å²) in [5.41, 5.74) is 0.998.